The number of aliphatic hydroxyl groups is 1. The van der Waals surface area contributed by atoms with E-state index in [2.05, 4.69) is 22.3 Å². The zero-order chi connectivity index (χ0) is 22.1. The van der Waals surface area contributed by atoms with Crippen molar-refractivity contribution >= 4 is 5.97 Å². The van der Waals surface area contributed by atoms with Crippen LogP contribution in [0.5, 0.6) is 0 Å². The standard InChI is InChI=1S/C24H31F2N2O3/c1-18-27(13-14-28(18)17-19-8-9-19)12-5-15-31-22(29)24(30,20-6-3-2-4-7-20)21-10-11-23(25,26)16-21/h2-4,6-7,13-14,19,21,30H,5,8-12,15-17H2,1H3/q+1/t21-,24+/m1/s1. The Morgan fingerprint density at radius 3 is 2.68 bits per heavy atom. The zero-order valence-electron chi connectivity index (χ0n) is 18.0. The van der Waals surface area contributed by atoms with Crippen molar-refractivity contribution in [2.45, 2.75) is 70.1 Å². The van der Waals surface area contributed by atoms with Crippen LogP contribution >= 0.6 is 0 Å². The van der Waals surface area contributed by atoms with Gasteiger partial charge < -0.3 is 9.84 Å². The van der Waals surface area contributed by atoms with Crippen molar-refractivity contribution in [3.63, 3.8) is 0 Å². The third-order valence-corrected chi connectivity index (χ3v) is 6.71. The first-order valence-corrected chi connectivity index (χ1v) is 11.2. The molecule has 2 saturated carbocycles. The summed E-state index contributed by atoms with van der Waals surface area (Å²) in [6.45, 7) is 3.92. The summed E-state index contributed by atoms with van der Waals surface area (Å²) in [7, 11) is 0. The molecule has 0 aliphatic heterocycles. The molecule has 1 N–H and O–H groups in total. The van der Waals surface area contributed by atoms with Gasteiger partial charge >= 0.3 is 5.97 Å². The fourth-order valence-electron chi connectivity index (χ4n) is 4.58. The number of aryl methyl sites for hydroxylation is 1. The summed E-state index contributed by atoms with van der Waals surface area (Å²) in [4.78, 5) is 12.9. The maximum Gasteiger partial charge on any atom is 0.343 e. The van der Waals surface area contributed by atoms with E-state index in [1.165, 1.54) is 12.8 Å². The van der Waals surface area contributed by atoms with Gasteiger partial charge in [-0.05, 0) is 30.7 Å². The number of hydrogen-bond donors (Lipinski definition) is 1. The molecule has 31 heavy (non-hydrogen) atoms. The average molecular weight is 434 g/mol. The number of benzene rings is 1. The predicted molar refractivity (Wildman–Crippen MR) is 110 cm³/mol. The topological polar surface area (TPSA) is 55.3 Å². The smallest absolute Gasteiger partial charge is 0.343 e. The molecule has 2 aliphatic rings. The number of rotatable bonds is 9. The molecule has 5 nitrogen and oxygen atoms in total. The van der Waals surface area contributed by atoms with Crippen LogP contribution in [0.2, 0.25) is 0 Å². The lowest BCUT2D eigenvalue weighted by atomic mass is 9.80. The summed E-state index contributed by atoms with van der Waals surface area (Å²) in [6, 6.07) is 8.32. The van der Waals surface area contributed by atoms with Crippen molar-refractivity contribution < 1.29 is 28.0 Å². The summed E-state index contributed by atoms with van der Waals surface area (Å²) >= 11 is 0. The number of alkyl halides is 2. The highest BCUT2D eigenvalue weighted by Crippen LogP contribution is 2.47. The highest BCUT2D eigenvalue weighted by atomic mass is 19.3. The number of esters is 1. The molecule has 2 aliphatic carbocycles. The molecule has 0 saturated heterocycles. The van der Waals surface area contributed by atoms with Gasteiger partial charge in [-0.1, -0.05) is 30.3 Å². The molecule has 168 valence electrons. The first-order valence-electron chi connectivity index (χ1n) is 11.2. The Bertz CT molecular complexity index is 911. The lowest BCUT2D eigenvalue weighted by Gasteiger charge is -2.32. The molecular weight excluding hydrogens is 402 g/mol. The largest absolute Gasteiger partial charge is 0.463 e. The number of hydrogen-bond acceptors (Lipinski definition) is 3. The summed E-state index contributed by atoms with van der Waals surface area (Å²) < 4.78 is 37.5. The minimum absolute atomic E-state index is 0.0804. The molecule has 0 spiro atoms. The van der Waals surface area contributed by atoms with Crippen LogP contribution in [-0.2, 0) is 28.2 Å². The van der Waals surface area contributed by atoms with Crippen molar-refractivity contribution in [2.24, 2.45) is 11.8 Å². The van der Waals surface area contributed by atoms with E-state index in [1.54, 1.807) is 30.3 Å². The van der Waals surface area contributed by atoms with Gasteiger partial charge in [-0.25, -0.2) is 22.7 Å². The molecule has 1 aromatic heterocycles. The van der Waals surface area contributed by atoms with Crippen LogP contribution in [0.1, 0.15) is 49.9 Å². The number of aromatic nitrogens is 2. The van der Waals surface area contributed by atoms with Crippen LogP contribution in [0.15, 0.2) is 42.7 Å². The summed E-state index contributed by atoms with van der Waals surface area (Å²) in [5, 5.41) is 11.3. The van der Waals surface area contributed by atoms with E-state index in [0.29, 0.717) is 18.5 Å². The normalized spacial score (nSPS) is 22.3. The summed E-state index contributed by atoms with van der Waals surface area (Å²) in [5.41, 5.74) is -1.75. The first kappa shape index (κ1) is 21.9. The Kier molecular flexibility index (Phi) is 6.15. The Morgan fingerprint density at radius 2 is 2.03 bits per heavy atom. The van der Waals surface area contributed by atoms with Gasteiger partial charge in [0.15, 0.2) is 5.60 Å². The highest BCUT2D eigenvalue weighted by molar-refractivity contribution is 5.81. The molecule has 2 fully saturated rings. The maximum atomic E-state index is 13.9. The number of halogens is 2. The van der Waals surface area contributed by atoms with E-state index in [4.69, 9.17) is 4.74 Å². The Balaban J connectivity index is 1.37. The Hall–Kier alpha value is -2.28. The molecule has 1 aromatic carbocycles. The van der Waals surface area contributed by atoms with Crippen LogP contribution in [0, 0.1) is 18.8 Å². The maximum absolute atomic E-state index is 13.9. The van der Waals surface area contributed by atoms with Crippen LogP contribution in [0.4, 0.5) is 8.78 Å². The number of ether oxygens (including phenoxy) is 1. The lowest BCUT2D eigenvalue weighted by molar-refractivity contribution is -0.705. The molecule has 0 bridgehead atoms. The van der Waals surface area contributed by atoms with E-state index < -0.39 is 29.8 Å². The van der Waals surface area contributed by atoms with E-state index >= 15 is 0 Å². The van der Waals surface area contributed by atoms with Crippen molar-refractivity contribution in [2.75, 3.05) is 6.61 Å². The van der Waals surface area contributed by atoms with E-state index in [0.717, 1.165) is 18.3 Å². The number of imidazole rings is 1. The summed E-state index contributed by atoms with van der Waals surface area (Å²) in [5.74, 6) is -2.62. The SMILES string of the molecule is Cc1n(CCCOC(=O)[C@](O)(c2ccccc2)[C@@H]2CCC(F)(F)C2)cc[n+]1CC1CC1. The molecule has 0 unspecified atom stereocenters. The fraction of sp³-hybridized carbons (Fsp3) is 0.583. The molecular formula is C24H31F2N2O3+. The van der Waals surface area contributed by atoms with Gasteiger partial charge in [-0.15, -0.1) is 0 Å². The van der Waals surface area contributed by atoms with E-state index in [-0.39, 0.29) is 19.4 Å². The van der Waals surface area contributed by atoms with Crippen molar-refractivity contribution in [3.05, 3.63) is 54.1 Å². The molecule has 4 rings (SSSR count). The van der Waals surface area contributed by atoms with Gasteiger partial charge in [0.2, 0.25) is 5.92 Å². The number of carbonyl (C=O) groups is 1. The van der Waals surface area contributed by atoms with Crippen LogP contribution in [0.3, 0.4) is 0 Å². The van der Waals surface area contributed by atoms with Gasteiger partial charge in [0.1, 0.15) is 12.4 Å². The Labute approximate surface area is 181 Å². The lowest BCUT2D eigenvalue weighted by Crippen LogP contribution is -2.44. The van der Waals surface area contributed by atoms with Gasteiger partial charge in [-0.2, -0.15) is 0 Å². The zero-order valence-corrected chi connectivity index (χ0v) is 18.0. The van der Waals surface area contributed by atoms with Gasteiger partial charge in [0.25, 0.3) is 5.82 Å². The van der Waals surface area contributed by atoms with Crippen LogP contribution < -0.4 is 4.57 Å². The molecule has 0 amide bonds. The van der Waals surface area contributed by atoms with Gasteiger partial charge in [0.05, 0.1) is 19.7 Å². The molecule has 1 heterocycles. The minimum atomic E-state index is -2.87. The molecule has 0 radical (unpaired) electrons. The number of carbonyl (C=O) groups excluding carboxylic acids is 1. The second-order valence-corrected chi connectivity index (χ2v) is 9.05. The predicted octanol–water partition coefficient (Wildman–Crippen LogP) is 3.75. The van der Waals surface area contributed by atoms with Gasteiger partial charge in [-0.3, -0.25) is 0 Å². The highest BCUT2D eigenvalue weighted by Gasteiger charge is 2.54. The van der Waals surface area contributed by atoms with E-state index in [1.807, 2.05) is 6.20 Å². The molecule has 7 heteroatoms. The van der Waals surface area contributed by atoms with Crippen LogP contribution in [-0.4, -0.2) is 28.2 Å². The Morgan fingerprint density at radius 1 is 1.29 bits per heavy atom. The monoisotopic (exact) mass is 433 g/mol. The second kappa shape index (κ2) is 8.69. The molecule has 2 aromatic rings. The number of nitrogens with zero attached hydrogens (tertiary/aromatic N) is 2. The first-order chi connectivity index (χ1) is 14.8. The third kappa shape index (κ3) is 4.81. The third-order valence-electron chi connectivity index (χ3n) is 6.71. The quantitative estimate of drug-likeness (QED) is 0.372. The van der Waals surface area contributed by atoms with Crippen molar-refractivity contribution in [3.8, 4) is 0 Å². The summed E-state index contributed by atoms with van der Waals surface area (Å²) in [6.07, 6.45) is 6.52. The minimum Gasteiger partial charge on any atom is -0.463 e. The van der Waals surface area contributed by atoms with Crippen molar-refractivity contribution in [1.29, 1.82) is 0 Å². The molecule has 2 atom stereocenters. The average Bonchev–Trinajstić information content (AvgIpc) is 3.41. The second-order valence-electron chi connectivity index (χ2n) is 9.05. The fourth-order valence-corrected chi connectivity index (χ4v) is 4.58. The van der Waals surface area contributed by atoms with Crippen molar-refractivity contribution in [1.82, 2.24) is 4.57 Å². The van der Waals surface area contributed by atoms with E-state index in [9.17, 15) is 18.7 Å². The van der Waals surface area contributed by atoms with Crippen LogP contribution in [0.25, 0.3) is 0 Å². The van der Waals surface area contributed by atoms with Gasteiger partial charge in [0, 0.05) is 32.1 Å².